The van der Waals surface area contributed by atoms with Crippen LogP contribution in [0.2, 0.25) is 0 Å². The van der Waals surface area contributed by atoms with Crippen LogP contribution in [-0.2, 0) is 15.9 Å². The van der Waals surface area contributed by atoms with Crippen molar-refractivity contribution in [3.8, 4) is 0 Å². The molecule has 0 saturated heterocycles. The molecule has 28 heavy (non-hydrogen) atoms. The quantitative estimate of drug-likeness (QED) is 0.483. The fraction of sp³-hybridized carbons (Fsp3) is 0.375. The Balaban J connectivity index is 1.51. The van der Waals surface area contributed by atoms with Crippen LogP contribution in [0.3, 0.4) is 0 Å². The zero-order valence-corrected chi connectivity index (χ0v) is 17.5. The van der Waals surface area contributed by atoms with Gasteiger partial charge in [0.1, 0.15) is 5.69 Å². The molecular formula is C24H27NO2S. The highest BCUT2D eigenvalue weighted by Crippen LogP contribution is 2.48. The molecule has 1 aliphatic rings. The van der Waals surface area contributed by atoms with E-state index in [0.717, 1.165) is 23.1 Å². The van der Waals surface area contributed by atoms with Crippen LogP contribution in [0, 0.1) is 0 Å². The second-order valence-electron chi connectivity index (χ2n) is 8.42. The van der Waals surface area contributed by atoms with E-state index in [0.29, 0.717) is 5.41 Å². The largest absolute Gasteiger partial charge is 0.477 e. The Labute approximate surface area is 170 Å². The first-order chi connectivity index (χ1) is 13.3. The number of carbonyl (C=O) groups is 1. The molecule has 146 valence electrons. The van der Waals surface area contributed by atoms with E-state index in [1.165, 1.54) is 29.5 Å². The molecule has 4 heteroatoms. The average Bonchev–Trinajstić information content (AvgIpc) is 3.30. The molecule has 1 unspecified atom stereocenters. The lowest BCUT2D eigenvalue weighted by Crippen LogP contribution is -2.16. The number of aromatic amines is 1. The summed E-state index contributed by atoms with van der Waals surface area (Å²) in [6.07, 6.45) is 3.67. The van der Waals surface area contributed by atoms with Gasteiger partial charge in [0.05, 0.1) is 0 Å². The van der Waals surface area contributed by atoms with Crippen molar-refractivity contribution in [1.82, 2.24) is 4.98 Å². The van der Waals surface area contributed by atoms with Crippen LogP contribution in [0.4, 0.5) is 0 Å². The highest BCUT2D eigenvalue weighted by molar-refractivity contribution is 7.99. The van der Waals surface area contributed by atoms with Crippen molar-refractivity contribution in [2.75, 3.05) is 0 Å². The summed E-state index contributed by atoms with van der Waals surface area (Å²) in [4.78, 5) is 14.1. The Morgan fingerprint density at radius 2 is 1.89 bits per heavy atom. The first-order valence-electron chi connectivity index (χ1n) is 9.93. The average molecular weight is 394 g/mol. The molecule has 0 spiro atoms. The van der Waals surface area contributed by atoms with Crippen LogP contribution < -0.4 is 0 Å². The molecule has 1 atom stereocenters. The van der Waals surface area contributed by atoms with E-state index in [4.69, 9.17) is 5.11 Å². The first-order valence-corrected chi connectivity index (χ1v) is 10.9. The molecule has 1 aliphatic carbocycles. The monoisotopic (exact) mass is 393 g/mol. The van der Waals surface area contributed by atoms with Crippen molar-refractivity contribution in [1.29, 1.82) is 0 Å². The minimum atomic E-state index is -0.922. The van der Waals surface area contributed by atoms with Gasteiger partial charge in [-0.05, 0) is 66.5 Å². The molecule has 0 bridgehead atoms. The van der Waals surface area contributed by atoms with Gasteiger partial charge in [0, 0.05) is 21.4 Å². The number of fused-ring (bicyclic) bond motifs is 1. The number of aromatic nitrogens is 1. The van der Waals surface area contributed by atoms with Crippen LogP contribution in [-0.4, -0.2) is 16.1 Å². The predicted molar refractivity (Wildman–Crippen MR) is 117 cm³/mol. The third kappa shape index (κ3) is 3.58. The number of rotatable bonds is 7. The maximum Gasteiger partial charge on any atom is 0.352 e. The molecule has 0 radical (unpaired) electrons. The molecule has 1 fully saturated rings. The van der Waals surface area contributed by atoms with Gasteiger partial charge in [-0.3, -0.25) is 0 Å². The van der Waals surface area contributed by atoms with Crippen molar-refractivity contribution >= 4 is 28.6 Å². The van der Waals surface area contributed by atoms with Crippen LogP contribution in [0.15, 0.2) is 48.5 Å². The number of hydrogen-bond donors (Lipinski definition) is 2. The summed E-state index contributed by atoms with van der Waals surface area (Å²) in [6, 6.07) is 17.1. The summed E-state index contributed by atoms with van der Waals surface area (Å²) < 4.78 is 0.0579. The number of carboxylic acid groups (broad SMARTS) is 1. The summed E-state index contributed by atoms with van der Waals surface area (Å²) in [5.41, 5.74) is 5.58. The Morgan fingerprint density at radius 1 is 1.18 bits per heavy atom. The molecule has 3 nitrogen and oxygen atoms in total. The second kappa shape index (κ2) is 7.00. The number of H-pyrrole nitrogens is 1. The molecule has 4 rings (SSSR count). The Hall–Kier alpha value is -2.20. The molecule has 2 N–H and O–H groups in total. The van der Waals surface area contributed by atoms with Crippen molar-refractivity contribution < 1.29 is 9.90 Å². The number of aromatic carboxylic acids is 1. The summed E-state index contributed by atoms with van der Waals surface area (Å²) in [5, 5.41) is 10.1. The van der Waals surface area contributed by atoms with Gasteiger partial charge in [0.2, 0.25) is 0 Å². The molecule has 0 aliphatic heterocycles. The predicted octanol–water partition coefficient (Wildman–Crippen LogP) is 6.48. The van der Waals surface area contributed by atoms with Gasteiger partial charge in [0.25, 0.3) is 0 Å². The summed E-state index contributed by atoms with van der Waals surface area (Å²) in [6.45, 7) is 6.92. The number of hydrogen-bond acceptors (Lipinski definition) is 2. The summed E-state index contributed by atoms with van der Waals surface area (Å²) >= 11 is 1.95. The minimum absolute atomic E-state index is 0.0579. The van der Waals surface area contributed by atoms with Gasteiger partial charge in [0.15, 0.2) is 0 Å². The third-order valence-electron chi connectivity index (χ3n) is 6.34. The van der Waals surface area contributed by atoms with E-state index in [1.807, 2.05) is 17.8 Å². The summed E-state index contributed by atoms with van der Waals surface area (Å²) in [7, 11) is 0. The van der Waals surface area contributed by atoms with Gasteiger partial charge in [-0.25, -0.2) is 4.79 Å². The van der Waals surface area contributed by atoms with Crippen LogP contribution in [0.5, 0.6) is 0 Å². The van der Waals surface area contributed by atoms with E-state index in [2.05, 4.69) is 62.2 Å². The van der Waals surface area contributed by atoms with Gasteiger partial charge >= 0.3 is 5.97 Å². The van der Waals surface area contributed by atoms with Crippen molar-refractivity contribution in [3.05, 3.63) is 70.9 Å². The summed E-state index contributed by atoms with van der Waals surface area (Å²) in [5.74, 6) is -0.0259. The zero-order chi connectivity index (χ0) is 19.9. The smallest absolute Gasteiger partial charge is 0.352 e. The van der Waals surface area contributed by atoms with Crippen molar-refractivity contribution in [2.24, 2.45) is 0 Å². The molecule has 2 aromatic carbocycles. The third-order valence-corrected chi connectivity index (χ3v) is 7.98. The van der Waals surface area contributed by atoms with Gasteiger partial charge in [-0.2, -0.15) is 0 Å². The number of carboxylic acids is 1. The standard InChI is InChI=1S/C24H27NO2S/c1-4-24(3,19-8-6-18(7-9-19)23(2)11-12-23)28-15-16-5-10-20-17(13-16)14-21(25-20)22(26)27/h5-10,13-14,25H,4,11-12,15H2,1-3H3,(H,26,27). The Bertz CT molecular complexity index is 1020. The minimum Gasteiger partial charge on any atom is -0.477 e. The maximum absolute atomic E-state index is 11.2. The lowest BCUT2D eigenvalue weighted by atomic mass is 9.92. The van der Waals surface area contributed by atoms with E-state index < -0.39 is 5.97 Å². The molecule has 1 saturated carbocycles. The lowest BCUT2D eigenvalue weighted by molar-refractivity contribution is 0.0691. The van der Waals surface area contributed by atoms with Gasteiger partial charge in [-0.1, -0.05) is 44.2 Å². The number of nitrogens with one attached hydrogen (secondary N) is 1. The molecule has 1 aromatic heterocycles. The van der Waals surface area contributed by atoms with E-state index in [-0.39, 0.29) is 10.4 Å². The normalized spacial score (nSPS) is 17.4. The van der Waals surface area contributed by atoms with Crippen LogP contribution >= 0.6 is 11.8 Å². The molecule has 1 heterocycles. The van der Waals surface area contributed by atoms with Crippen molar-refractivity contribution in [2.45, 2.75) is 55.9 Å². The number of benzene rings is 2. The van der Waals surface area contributed by atoms with E-state index >= 15 is 0 Å². The molecule has 0 amide bonds. The second-order valence-corrected chi connectivity index (χ2v) is 9.90. The molecular weight excluding hydrogens is 366 g/mol. The Kier molecular flexibility index (Phi) is 4.78. The number of thioether (sulfide) groups is 1. The Morgan fingerprint density at radius 3 is 2.50 bits per heavy atom. The fourth-order valence-electron chi connectivity index (χ4n) is 3.72. The molecule has 3 aromatic rings. The highest BCUT2D eigenvalue weighted by atomic mass is 32.2. The van der Waals surface area contributed by atoms with Crippen LogP contribution in [0.25, 0.3) is 10.9 Å². The fourth-order valence-corrected chi connectivity index (χ4v) is 4.89. The first kappa shape index (κ1) is 19.1. The van der Waals surface area contributed by atoms with Gasteiger partial charge in [-0.15, -0.1) is 11.8 Å². The lowest BCUT2D eigenvalue weighted by Gasteiger charge is -2.29. The van der Waals surface area contributed by atoms with Crippen molar-refractivity contribution in [3.63, 3.8) is 0 Å². The van der Waals surface area contributed by atoms with Crippen LogP contribution in [0.1, 0.15) is 67.2 Å². The maximum atomic E-state index is 11.2. The van der Waals surface area contributed by atoms with E-state index in [9.17, 15) is 4.79 Å². The van der Waals surface area contributed by atoms with E-state index in [1.54, 1.807) is 6.07 Å². The zero-order valence-electron chi connectivity index (χ0n) is 16.7. The SMILES string of the molecule is CCC(C)(SCc1ccc2[nH]c(C(=O)O)cc2c1)c1ccc(C2(C)CC2)cc1. The highest BCUT2D eigenvalue weighted by Gasteiger charge is 2.39. The van der Waals surface area contributed by atoms with Gasteiger partial charge < -0.3 is 10.1 Å². The topological polar surface area (TPSA) is 53.1 Å².